The van der Waals surface area contributed by atoms with Crippen molar-refractivity contribution >= 4 is 23.2 Å². The van der Waals surface area contributed by atoms with Crippen LogP contribution in [0.5, 0.6) is 0 Å². The van der Waals surface area contributed by atoms with E-state index in [9.17, 15) is 14.9 Å². The monoisotopic (exact) mass is 318 g/mol. The Hall–Kier alpha value is -2.40. The predicted octanol–water partition coefficient (Wildman–Crippen LogP) is 4.05. The summed E-state index contributed by atoms with van der Waals surface area (Å²) in [6.07, 6.45) is 0. The molecular weight excluding hydrogens is 304 g/mol. The van der Waals surface area contributed by atoms with E-state index in [4.69, 9.17) is 11.6 Å². The Labute approximate surface area is 133 Å². The molecule has 0 aromatic heterocycles. The first-order chi connectivity index (χ1) is 10.4. The number of benzene rings is 2. The molecule has 2 rings (SSSR count). The molecule has 0 unspecified atom stereocenters. The number of aryl methyl sites for hydroxylation is 1. The van der Waals surface area contributed by atoms with E-state index in [0.29, 0.717) is 16.1 Å². The van der Waals surface area contributed by atoms with E-state index in [0.717, 1.165) is 5.56 Å². The van der Waals surface area contributed by atoms with E-state index >= 15 is 0 Å². The van der Waals surface area contributed by atoms with Crippen LogP contribution in [0, 0.1) is 17.0 Å². The van der Waals surface area contributed by atoms with Crippen LogP contribution in [0.3, 0.4) is 0 Å². The zero-order chi connectivity index (χ0) is 16.3. The third kappa shape index (κ3) is 3.62. The van der Waals surface area contributed by atoms with Crippen molar-refractivity contribution in [3.05, 3.63) is 74.3 Å². The highest BCUT2D eigenvalue weighted by Gasteiger charge is 2.15. The zero-order valence-electron chi connectivity index (χ0n) is 12.2. The minimum Gasteiger partial charge on any atom is -0.346 e. The molecule has 0 bridgehead atoms. The summed E-state index contributed by atoms with van der Waals surface area (Å²) in [6.45, 7) is 3.47. The van der Waals surface area contributed by atoms with E-state index in [1.54, 1.807) is 19.1 Å². The fourth-order valence-corrected chi connectivity index (χ4v) is 2.24. The highest BCUT2D eigenvalue weighted by atomic mass is 35.5. The van der Waals surface area contributed by atoms with E-state index in [1.165, 1.54) is 18.2 Å². The minimum absolute atomic E-state index is 0.00213. The molecule has 0 spiro atoms. The molecule has 1 atom stereocenters. The number of hydrogen-bond acceptors (Lipinski definition) is 3. The van der Waals surface area contributed by atoms with E-state index in [1.807, 2.05) is 19.1 Å². The number of amides is 1. The van der Waals surface area contributed by atoms with Crippen LogP contribution in [0.25, 0.3) is 0 Å². The molecule has 0 saturated carbocycles. The average molecular weight is 319 g/mol. The molecule has 0 aliphatic carbocycles. The van der Waals surface area contributed by atoms with Gasteiger partial charge in [0.1, 0.15) is 0 Å². The molecule has 114 valence electrons. The van der Waals surface area contributed by atoms with Crippen molar-refractivity contribution in [3.8, 4) is 0 Å². The second kappa shape index (κ2) is 6.58. The number of nitrogens with zero attached hydrogens (tertiary/aromatic N) is 1. The molecule has 1 amide bonds. The summed E-state index contributed by atoms with van der Waals surface area (Å²) in [7, 11) is 0. The van der Waals surface area contributed by atoms with Gasteiger partial charge in [-0.2, -0.15) is 0 Å². The van der Waals surface area contributed by atoms with Crippen molar-refractivity contribution in [2.75, 3.05) is 0 Å². The lowest BCUT2D eigenvalue weighted by atomic mass is 10.1. The van der Waals surface area contributed by atoms with Gasteiger partial charge in [0.25, 0.3) is 11.6 Å². The van der Waals surface area contributed by atoms with Crippen molar-refractivity contribution in [2.45, 2.75) is 19.9 Å². The smallest absolute Gasteiger partial charge is 0.272 e. The standard InChI is InChI=1S/C16H15ClN2O3/c1-10-9-13(5-8-15(10)19(21)22)16(20)18-11(2)12-3-6-14(17)7-4-12/h3-9,11H,1-2H3,(H,18,20)/t11-/m1/s1. The average Bonchev–Trinajstić information content (AvgIpc) is 2.47. The van der Waals surface area contributed by atoms with Gasteiger partial charge < -0.3 is 5.32 Å². The summed E-state index contributed by atoms with van der Waals surface area (Å²) in [4.78, 5) is 22.5. The first kappa shape index (κ1) is 16.0. The summed E-state index contributed by atoms with van der Waals surface area (Å²) in [5, 5.41) is 14.3. The Kier molecular flexibility index (Phi) is 4.78. The van der Waals surface area contributed by atoms with Gasteiger partial charge in [0, 0.05) is 22.2 Å². The molecule has 0 fully saturated rings. The maximum atomic E-state index is 12.2. The van der Waals surface area contributed by atoms with E-state index < -0.39 is 4.92 Å². The fourth-order valence-electron chi connectivity index (χ4n) is 2.12. The molecule has 0 radical (unpaired) electrons. The third-order valence-corrected chi connectivity index (χ3v) is 3.63. The van der Waals surface area contributed by atoms with Crippen LogP contribution in [0.15, 0.2) is 42.5 Å². The van der Waals surface area contributed by atoms with Crippen molar-refractivity contribution in [2.24, 2.45) is 0 Å². The molecule has 2 aromatic rings. The van der Waals surface area contributed by atoms with E-state index in [-0.39, 0.29) is 17.6 Å². The van der Waals surface area contributed by atoms with Gasteiger partial charge in [0.15, 0.2) is 0 Å². The summed E-state index contributed by atoms with van der Waals surface area (Å²) < 4.78 is 0. The summed E-state index contributed by atoms with van der Waals surface area (Å²) in [5.74, 6) is -0.277. The molecule has 22 heavy (non-hydrogen) atoms. The lowest BCUT2D eigenvalue weighted by molar-refractivity contribution is -0.385. The lowest BCUT2D eigenvalue weighted by Gasteiger charge is -2.14. The topological polar surface area (TPSA) is 72.2 Å². The first-order valence-corrected chi connectivity index (χ1v) is 7.07. The molecule has 0 heterocycles. The molecule has 0 saturated heterocycles. The highest BCUT2D eigenvalue weighted by molar-refractivity contribution is 6.30. The number of carbonyl (C=O) groups is 1. The number of halogens is 1. The Balaban J connectivity index is 2.13. The van der Waals surface area contributed by atoms with Crippen molar-refractivity contribution in [3.63, 3.8) is 0 Å². The number of hydrogen-bond donors (Lipinski definition) is 1. The molecule has 6 heteroatoms. The molecule has 5 nitrogen and oxygen atoms in total. The molecule has 0 aliphatic heterocycles. The number of nitro benzene ring substituents is 1. The molecule has 1 N–H and O–H groups in total. The van der Waals surface area contributed by atoms with Crippen molar-refractivity contribution in [1.82, 2.24) is 5.32 Å². The quantitative estimate of drug-likeness (QED) is 0.682. The van der Waals surface area contributed by atoms with E-state index in [2.05, 4.69) is 5.32 Å². The molecule has 2 aromatic carbocycles. The van der Waals surface area contributed by atoms with Gasteiger partial charge in [-0.1, -0.05) is 23.7 Å². The SMILES string of the molecule is Cc1cc(C(=O)N[C@H](C)c2ccc(Cl)cc2)ccc1[N+](=O)[O-]. The third-order valence-electron chi connectivity index (χ3n) is 3.37. The van der Waals surface area contributed by atoms with Crippen LogP contribution < -0.4 is 5.32 Å². The largest absolute Gasteiger partial charge is 0.346 e. The van der Waals surface area contributed by atoms with Gasteiger partial charge in [-0.15, -0.1) is 0 Å². The normalized spacial score (nSPS) is 11.8. The Morgan fingerprint density at radius 1 is 1.23 bits per heavy atom. The number of nitrogens with one attached hydrogen (secondary N) is 1. The van der Waals surface area contributed by atoms with Gasteiger partial charge in [-0.3, -0.25) is 14.9 Å². The van der Waals surface area contributed by atoms with Gasteiger partial charge in [0.05, 0.1) is 11.0 Å². The maximum absolute atomic E-state index is 12.2. The lowest BCUT2D eigenvalue weighted by Crippen LogP contribution is -2.26. The first-order valence-electron chi connectivity index (χ1n) is 6.70. The Morgan fingerprint density at radius 3 is 2.41 bits per heavy atom. The van der Waals surface area contributed by atoms with Crippen molar-refractivity contribution in [1.29, 1.82) is 0 Å². The van der Waals surface area contributed by atoms with Gasteiger partial charge >= 0.3 is 0 Å². The van der Waals surface area contributed by atoms with Gasteiger partial charge in [-0.25, -0.2) is 0 Å². The van der Waals surface area contributed by atoms with Gasteiger partial charge in [-0.05, 0) is 43.7 Å². The van der Waals surface area contributed by atoms with Crippen LogP contribution in [0.4, 0.5) is 5.69 Å². The summed E-state index contributed by atoms with van der Waals surface area (Å²) >= 11 is 5.83. The Bertz CT molecular complexity index is 714. The number of carbonyl (C=O) groups excluding carboxylic acids is 1. The second-order valence-corrected chi connectivity index (χ2v) is 5.44. The van der Waals surface area contributed by atoms with Crippen molar-refractivity contribution < 1.29 is 9.72 Å². The predicted molar refractivity (Wildman–Crippen MR) is 85.2 cm³/mol. The summed E-state index contributed by atoms with van der Waals surface area (Å²) in [5.41, 5.74) is 1.78. The number of nitro groups is 1. The zero-order valence-corrected chi connectivity index (χ0v) is 12.9. The van der Waals surface area contributed by atoms with Crippen LogP contribution in [0.1, 0.15) is 34.5 Å². The van der Waals surface area contributed by atoms with Crippen LogP contribution in [-0.4, -0.2) is 10.8 Å². The Morgan fingerprint density at radius 2 is 1.86 bits per heavy atom. The van der Waals surface area contributed by atoms with Crippen LogP contribution in [-0.2, 0) is 0 Å². The van der Waals surface area contributed by atoms with Gasteiger partial charge in [0.2, 0.25) is 0 Å². The maximum Gasteiger partial charge on any atom is 0.272 e. The molecule has 0 aliphatic rings. The minimum atomic E-state index is -0.465. The molecular formula is C16H15ClN2O3. The number of rotatable bonds is 4. The highest BCUT2D eigenvalue weighted by Crippen LogP contribution is 2.20. The van der Waals surface area contributed by atoms with Crippen LogP contribution in [0.2, 0.25) is 5.02 Å². The fraction of sp³-hybridized carbons (Fsp3) is 0.188. The summed E-state index contributed by atoms with van der Waals surface area (Å²) in [6, 6.07) is 11.3. The second-order valence-electron chi connectivity index (χ2n) is 5.01. The van der Waals surface area contributed by atoms with Crippen LogP contribution >= 0.6 is 11.6 Å².